The number of halogens is 1. The molecule has 2 heterocycles. The average molecular weight is 465 g/mol. The quantitative estimate of drug-likeness (QED) is 0.447. The fourth-order valence-electron chi connectivity index (χ4n) is 4.47. The van der Waals surface area contributed by atoms with Crippen molar-refractivity contribution in [3.63, 3.8) is 0 Å². The van der Waals surface area contributed by atoms with Gasteiger partial charge in [-0.1, -0.05) is 12.1 Å². The number of carbonyl (C=O) groups excluding carboxylic acids is 1. The fourth-order valence-corrected chi connectivity index (χ4v) is 4.93. The van der Waals surface area contributed by atoms with Crippen molar-refractivity contribution in [2.45, 2.75) is 31.7 Å². The Bertz CT molecular complexity index is 1300. The molecule has 1 amide bonds. The predicted octanol–water partition coefficient (Wildman–Crippen LogP) is 5.01. The van der Waals surface area contributed by atoms with Gasteiger partial charge in [0, 0.05) is 33.7 Å². The molecule has 2 N–H and O–H groups in total. The Morgan fingerprint density at radius 1 is 1.10 bits per heavy atom. The van der Waals surface area contributed by atoms with Crippen LogP contribution in [0.3, 0.4) is 0 Å². The van der Waals surface area contributed by atoms with Crippen molar-refractivity contribution < 1.29 is 4.79 Å². The number of aromatic nitrogens is 3. The molecule has 0 atom stereocenters. The number of anilines is 1. The first-order valence-corrected chi connectivity index (χ1v) is 10.9. The Morgan fingerprint density at radius 3 is 2.77 bits per heavy atom. The van der Waals surface area contributed by atoms with E-state index < -0.39 is 0 Å². The molecular weight excluding hydrogens is 444 g/mol. The number of nitrogens with one attached hydrogen (secondary N) is 2. The van der Waals surface area contributed by atoms with E-state index in [4.69, 9.17) is 0 Å². The van der Waals surface area contributed by atoms with Gasteiger partial charge in [-0.3, -0.25) is 14.3 Å². The number of aromatic amines is 1. The minimum Gasteiger partial charge on any atom is -0.326 e. The van der Waals surface area contributed by atoms with E-state index in [9.17, 15) is 9.59 Å². The summed E-state index contributed by atoms with van der Waals surface area (Å²) in [5.74, 6) is 0.00389. The largest absolute Gasteiger partial charge is 0.326 e. The average Bonchev–Trinajstić information content (AvgIpc) is 3.11. The zero-order valence-corrected chi connectivity index (χ0v) is 17.9. The van der Waals surface area contributed by atoms with Crippen LogP contribution in [-0.2, 0) is 4.79 Å². The molecule has 0 saturated heterocycles. The molecule has 0 radical (unpaired) electrons. The summed E-state index contributed by atoms with van der Waals surface area (Å²) < 4.78 is 2.74. The third-order valence-corrected chi connectivity index (χ3v) is 6.67. The van der Waals surface area contributed by atoms with E-state index in [2.05, 4.69) is 31.2 Å². The van der Waals surface area contributed by atoms with E-state index in [1.54, 1.807) is 6.20 Å². The number of amides is 1. The molecule has 6 nitrogen and oxygen atoms in total. The van der Waals surface area contributed by atoms with Crippen molar-refractivity contribution in [1.82, 2.24) is 14.5 Å². The van der Waals surface area contributed by atoms with Gasteiger partial charge in [0.05, 0.1) is 16.6 Å². The molecule has 0 unspecified atom stereocenters. The zero-order chi connectivity index (χ0) is 20.7. The molecule has 1 saturated carbocycles. The number of H-pyrrole nitrogens is 1. The van der Waals surface area contributed by atoms with Crippen molar-refractivity contribution in [2.75, 3.05) is 5.32 Å². The monoisotopic (exact) mass is 464 g/mol. The van der Waals surface area contributed by atoms with Crippen molar-refractivity contribution in [3.8, 4) is 0 Å². The third-order valence-electron chi connectivity index (χ3n) is 6.01. The Hall–Kier alpha value is -2.93. The minimum atomic E-state index is -0.0884. The van der Waals surface area contributed by atoms with Crippen LogP contribution in [0.25, 0.3) is 21.9 Å². The summed E-state index contributed by atoms with van der Waals surface area (Å²) >= 11 is 3.50. The van der Waals surface area contributed by atoms with Gasteiger partial charge in [0.2, 0.25) is 5.91 Å². The predicted molar refractivity (Wildman–Crippen MR) is 122 cm³/mol. The van der Waals surface area contributed by atoms with Crippen LogP contribution < -0.4 is 11.0 Å². The van der Waals surface area contributed by atoms with E-state index >= 15 is 0 Å². The number of para-hydroxylation sites is 1. The Balaban J connectivity index is 1.29. The van der Waals surface area contributed by atoms with Crippen LogP contribution in [0.15, 0.2) is 64.0 Å². The number of carbonyl (C=O) groups is 1. The summed E-state index contributed by atoms with van der Waals surface area (Å²) in [6.07, 6.45) is 4.90. The van der Waals surface area contributed by atoms with E-state index in [1.807, 2.05) is 53.1 Å². The summed E-state index contributed by atoms with van der Waals surface area (Å²) in [6.45, 7) is 0. The first-order chi connectivity index (χ1) is 14.6. The lowest BCUT2D eigenvalue weighted by molar-refractivity contribution is -0.121. The highest BCUT2D eigenvalue weighted by atomic mass is 79.9. The normalized spacial score (nSPS) is 19.2. The highest BCUT2D eigenvalue weighted by molar-refractivity contribution is 9.10. The summed E-state index contributed by atoms with van der Waals surface area (Å²) in [7, 11) is 0. The number of rotatable bonds is 3. The Kier molecular flexibility index (Phi) is 4.90. The summed E-state index contributed by atoms with van der Waals surface area (Å²) in [5, 5.41) is 4.06. The summed E-state index contributed by atoms with van der Waals surface area (Å²) in [5.41, 5.74) is 3.35. The van der Waals surface area contributed by atoms with Crippen LogP contribution in [0.1, 0.15) is 31.7 Å². The molecule has 30 heavy (non-hydrogen) atoms. The van der Waals surface area contributed by atoms with Gasteiger partial charge in [-0.2, -0.15) is 0 Å². The van der Waals surface area contributed by atoms with Crippen LogP contribution in [0.4, 0.5) is 5.69 Å². The first kappa shape index (κ1) is 19.1. The topological polar surface area (TPSA) is 79.8 Å². The molecule has 0 spiro atoms. The highest BCUT2D eigenvalue weighted by Gasteiger charge is 2.29. The standard InChI is InChI=1S/C23H21BrN4O2/c24-18-4-1-5-20-21(18)27-23(30)28(20)17-9-6-14(7-10-17)22(29)26-16-8-11-19-15(13-16)3-2-12-25-19/h1-5,8,11-14,17H,6-7,9-10H2,(H,26,29)(H,27,30). The van der Waals surface area contributed by atoms with Gasteiger partial charge in [-0.15, -0.1) is 0 Å². The molecule has 1 aliphatic rings. The van der Waals surface area contributed by atoms with Gasteiger partial charge in [-0.05, 0) is 78.0 Å². The van der Waals surface area contributed by atoms with Crippen molar-refractivity contribution in [1.29, 1.82) is 0 Å². The summed E-state index contributed by atoms with van der Waals surface area (Å²) in [6, 6.07) is 15.6. The fraction of sp³-hybridized carbons (Fsp3) is 0.261. The highest BCUT2D eigenvalue weighted by Crippen LogP contribution is 2.34. The lowest BCUT2D eigenvalue weighted by atomic mass is 9.85. The molecule has 4 aromatic rings. The first-order valence-electron chi connectivity index (χ1n) is 10.1. The SMILES string of the molecule is O=C(Nc1ccc2ncccc2c1)C1CCC(n2c(=O)[nH]c3c(Br)cccc32)CC1. The van der Waals surface area contributed by atoms with Gasteiger partial charge >= 0.3 is 5.69 Å². The molecule has 7 heteroatoms. The van der Waals surface area contributed by atoms with Crippen molar-refractivity contribution in [3.05, 3.63) is 69.7 Å². The number of hydrogen-bond acceptors (Lipinski definition) is 3. The van der Waals surface area contributed by atoms with Gasteiger partial charge in [0.15, 0.2) is 0 Å². The van der Waals surface area contributed by atoms with Gasteiger partial charge in [0.1, 0.15) is 0 Å². The molecule has 0 bridgehead atoms. The maximum atomic E-state index is 12.8. The number of hydrogen-bond donors (Lipinski definition) is 2. The van der Waals surface area contributed by atoms with Crippen LogP contribution in [-0.4, -0.2) is 20.4 Å². The second-order valence-electron chi connectivity index (χ2n) is 7.84. The second kappa shape index (κ2) is 7.72. The lowest BCUT2D eigenvalue weighted by Crippen LogP contribution is -2.31. The second-order valence-corrected chi connectivity index (χ2v) is 8.69. The molecular formula is C23H21BrN4O2. The zero-order valence-electron chi connectivity index (χ0n) is 16.3. The summed E-state index contributed by atoms with van der Waals surface area (Å²) in [4.78, 5) is 32.6. The van der Waals surface area contributed by atoms with Crippen LogP contribution in [0.5, 0.6) is 0 Å². The van der Waals surface area contributed by atoms with E-state index in [1.165, 1.54) is 0 Å². The van der Waals surface area contributed by atoms with Crippen molar-refractivity contribution in [2.24, 2.45) is 5.92 Å². The minimum absolute atomic E-state index is 0.0431. The van der Waals surface area contributed by atoms with E-state index in [-0.39, 0.29) is 23.6 Å². The lowest BCUT2D eigenvalue weighted by Gasteiger charge is -2.28. The molecule has 152 valence electrons. The molecule has 1 aliphatic carbocycles. The van der Waals surface area contributed by atoms with Crippen LogP contribution >= 0.6 is 15.9 Å². The molecule has 2 aromatic heterocycles. The van der Waals surface area contributed by atoms with Gasteiger partial charge in [-0.25, -0.2) is 4.79 Å². The van der Waals surface area contributed by atoms with E-state index in [0.717, 1.165) is 57.8 Å². The number of nitrogens with zero attached hydrogens (tertiary/aromatic N) is 2. The Morgan fingerprint density at radius 2 is 1.93 bits per heavy atom. The molecule has 1 fully saturated rings. The molecule has 2 aromatic carbocycles. The third kappa shape index (κ3) is 3.43. The maximum Gasteiger partial charge on any atom is 0.326 e. The number of imidazole rings is 1. The van der Waals surface area contributed by atoms with Gasteiger partial charge < -0.3 is 10.3 Å². The Labute approximate surface area is 181 Å². The number of benzene rings is 2. The van der Waals surface area contributed by atoms with E-state index in [0.29, 0.717) is 0 Å². The molecule has 0 aliphatic heterocycles. The van der Waals surface area contributed by atoms with Gasteiger partial charge in [0.25, 0.3) is 0 Å². The maximum absolute atomic E-state index is 12.8. The number of fused-ring (bicyclic) bond motifs is 2. The smallest absolute Gasteiger partial charge is 0.326 e. The van der Waals surface area contributed by atoms with Crippen molar-refractivity contribution >= 4 is 49.5 Å². The van der Waals surface area contributed by atoms with Crippen LogP contribution in [0, 0.1) is 5.92 Å². The molecule has 5 rings (SSSR count). The van der Waals surface area contributed by atoms with Crippen LogP contribution in [0.2, 0.25) is 0 Å². The number of pyridine rings is 1.